The normalized spacial score (nSPS) is 13.5. The zero-order valence-electron chi connectivity index (χ0n) is 16.4. The van der Waals surface area contributed by atoms with Crippen molar-refractivity contribution >= 4 is 21.8 Å². The first-order valence-electron chi connectivity index (χ1n) is 9.74. The molecule has 2 atom stereocenters. The largest absolute Gasteiger partial charge is 0.464 e. The number of nitrogens with one attached hydrogen (secondary N) is 4. The SMILES string of the molecule is CC(CCc1ccc2c(=O)[nH][nH]c(=O)c2c1)NCC(O)Oc1ccc2nc[nH]c2c1. The van der Waals surface area contributed by atoms with E-state index >= 15 is 0 Å². The van der Waals surface area contributed by atoms with Gasteiger partial charge in [0.2, 0.25) is 6.29 Å². The summed E-state index contributed by atoms with van der Waals surface area (Å²) in [7, 11) is 0. The highest BCUT2D eigenvalue weighted by molar-refractivity contribution is 5.81. The van der Waals surface area contributed by atoms with Crippen LogP contribution in [0.1, 0.15) is 18.9 Å². The molecule has 2 unspecified atom stereocenters. The zero-order chi connectivity index (χ0) is 21.1. The van der Waals surface area contributed by atoms with Crippen molar-refractivity contribution in [3.63, 3.8) is 0 Å². The van der Waals surface area contributed by atoms with Gasteiger partial charge in [-0.25, -0.2) is 4.98 Å². The van der Waals surface area contributed by atoms with Crippen LogP contribution >= 0.6 is 0 Å². The number of H-pyrrole nitrogens is 3. The number of aliphatic hydroxyl groups excluding tert-OH is 1. The van der Waals surface area contributed by atoms with Gasteiger partial charge in [0.1, 0.15) is 5.75 Å². The predicted molar refractivity (Wildman–Crippen MR) is 114 cm³/mol. The maximum Gasteiger partial charge on any atom is 0.270 e. The Hall–Kier alpha value is -3.43. The molecule has 156 valence electrons. The highest BCUT2D eigenvalue weighted by Gasteiger charge is 2.11. The number of nitrogens with zero attached hydrogens (tertiary/aromatic N) is 1. The molecule has 2 aromatic heterocycles. The summed E-state index contributed by atoms with van der Waals surface area (Å²) in [5, 5.41) is 18.8. The second-order valence-electron chi connectivity index (χ2n) is 7.29. The average molecular weight is 409 g/mol. The third-order valence-electron chi connectivity index (χ3n) is 5.03. The molecule has 9 nitrogen and oxygen atoms in total. The number of hydrogen-bond acceptors (Lipinski definition) is 6. The van der Waals surface area contributed by atoms with Crippen LogP contribution in [0.4, 0.5) is 0 Å². The third kappa shape index (κ3) is 4.42. The number of aryl methyl sites for hydroxylation is 1. The van der Waals surface area contributed by atoms with Crippen LogP contribution in [0.25, 0.3) is 21.8 Å². The maximum absolute atomic E-state index is 11.9. The molecule has 2 aromatic carbocycles. The van der Waals surface area contributed by atoms with Gasteiger partial charge in [-0.2, -0.15) is 0 Å². The molecule has 5 N–H and O–H groups in total. The molecule has 2 heterocycles. The van der Waals surface area contributed by atoms with Crippen LogP contribution in [0.3, 0.4) is 0 Å². The summed E-state index contributed by atoms with van der Waals surface area (Å²) < 4.78 is 5.55. The summed E-state index contributed by atoms with van der Waals surface area (Å²) in [5.74, 6) is 0.560. The fourth-order valence-electron chi connectivity index (χ4n) is 3.35. The van der Waals surface area contributed by atoms with E-state index in [1.807, 2.05) is 19.1 Å². The van der Waals surface area contributed by atoms with Crippen LogP contribution in [-0.4, -0.2) is 44.1 Å². The van der Waals surface area contributed by atoms with Gasteiger partial charge >= 0.3 is 0 Å². The Morgan fingerprint density at radius 2 is 1.90 bits per heavy atom. The molecule has 0 fully saturated rings. The molecule has 0 amide bonds. The second kappa shape index (κ2) is 8.52. The maximum atomic E-state index is 11.9. The number of aromatic nitrogens is 4. The van der Waals surface area contributed by atoms with Gasteiger partial charge in [-0.1, -0.05) is 6.07 Å². The van der Waals surface area contributed by atoms with E-state index in [4.69, 9.17) is 4.74 Å². The van der Waals surface area contributed by atoms with E-state index in [1.165, 1.54) is 0 Å². The van der Waals surface area contributed by atoms with Gasteiger partial charge in [-0.05, 0) is 49.6 Å². The van der Waals surface area contributed by atoms with Crippen molar-refractivity contribution in [3.05, 3.63) is 69.0 Å². The van der Waals surface area contributed by atoms with E-state index in [0.717, 1.165) is 29.4 Å². The molecule has 0 aliphatic heterocycles. The van der Waals surface area contributed by atoms with Gasteiger partial charge in [-0.3, -0.25) is 19.8 Å². The molecule has 0 spiro atoms. The minimum absolute atomic E-state index is 0.117. The number of imidazole rings is 1. The van der Waals surface area contributed by atoms with Crippen LogP contribution in [0.2, 0.25) is 0 Å². The quantitative estimate of drug-likeness (QED) is 0.279. The Labute approximate surface area is 171 Å². The van der Waals surface area contributed by atoms with Crippen molar-refractivity contribution in [1.29, 1.82) is 0 Å². The standard InChI is InChI=1S/C21H23N5O4/c1-12(2-3-13-4-6-15-16(8-13)21(29)26-25-20(15)28)22-10-19(27)30-14-5-7-17-18(9-14)24-11-23-17/h4-9,11-12,19,22,27H,2-3,10H2,1H3,(H,23,24)(H,25,28)(H,26,29). The fourth-order valence-corrected chi connectivity index (χ4v) is 3.35. The topological polar surface area (TPSA) is 136 Å². The van der Waals surface area contributed by atoms with E-state index in [9.17, 15) is 14.7 Å². The number of fused-ring (bicyclic) bond motifs is 2. The van der Waals surface area contributed by atoms with Gasteiger partial charge in [0.15, 0.2) is 0 Å². The van der Waals surface area contributed by atoms with E-state index in [0.29, 0.717) is 16.5 Å². The molecule has 4 aromatic rings. The molecule has 0 saturated carbocycles. The third-order valence-corrected chi connectivity index (χ3v) is 5.03. The average Bonchev–Trinajstić information content (AvgIpc) is 3.21. The van der Waals surface area contributed by atoms with E-state index in [2.05, 4.69) is 25.5 Å². The zero-order valence-corrected chi connectivity index (χ0v) is 16.4. The van der Waals surface area contributed by atoms with Crippen molar-refractivity contribution in [2.75, 3.05) is 6.54 Å². The summed E-state index contributed by atoms with van der Waals surface area (Å²) in [6.07, 6.45) is 2.14. The Morgan fingerprint density at radius 3 is 2.73 bits per heavy atom. The summed E-state index contributed by atoms with van der Waals surface area (Å²) in [4.78, 5) is 30.8. The Balaban J connectivity index is 1.28. The molecule has 0 radical (unpaired) electrons. The lowest BCUT2D eigenvalue weighted by Crippen LogP contribution is -2.36. The van der Waals surface area contributed by atoms with Crippen LogP contribution in [0.5, 0.6) is 5.75 Å². The smallest absolute Gasteiger partial charge is 0.270 e. The molecule has 0 bridgehead atoms. The summed E-state index contributed by atoms with van der Waals surface area (Å²) in [6.45, 7) is 2.29. The number of aromatic amines is 3. The van der Waals surface area contributed by atoms with Crippen LogP contribution in [0.15, 0.2) is 52.3 Å². The molecule has 9 heteroatoms. The van der Waals surface area contributed by atoms with Gasteiger partial charge in [0.05, 0.1) is 34.7 Å². The highest BCUT2D eigenvalue weighted by Crippen LogP contribution is 2.18. The molecular formula is C21H23N5O4. The first-order chi connectivity index (χ1) is 14.5. The second-order valence-corrected chi connectivity index (χ2v) is 7.29. The predicted octanol–water partition coefficient (Wildman–Crippen LogP) is 1.40. The lowest BCUT2D eigenvalue weighted by Gasteiger charge is -2.18. The molecule has 0 aliphatic rings. The van der Waals surface area contributed by atoms with Crippen LogP contribution < -0.4 is 21.2 Å². The number of hydrogen-bond donors (Lipinski definition) is 5. The Bertz CT molecular complexity index is 1280. The molecule has 0 saturated heterocycles. The minimum atomic E-state index is -0.987. The van der Waals surface area contributed by atoms with Gasteiger partial charge < -0.3 is 20.1 Å². The summed E-state index contributed by atoms with van der Waals surface area (Å²) >= 11 is 0. The number of benzene rings is 2. The van der Waals surface area contributed by atoms with E-state index < -0.39 is 6.29 Å². The molecule has 4 rings (SSSR count). The van der Waals surface area contributed by atoms with Crippen LogP contribution in [0, 0.1) is 0 Å². The summed E-state index contributed by atoms with van der Waals surface area (Å²) in [6, 6.07) is 10.8. The van der Waals surface area contributed by atoms with E-state index in [1.54, 1.807) is 30.6 Å². The first kappa shape index (κ1) is 19.9. The summed E-state index contributed by atoms with van der Waals surface area (Å²) in [5.41, 5.74) is 2.02. The monoisotopic (exact) mass is 409 g/mol. The number of rotatable bonds is 8. The number of aliphatic hydroxyl groups is 1. The van der Waals surface area contributed by atoms with Crippen molar-refractivity contribution < 1.29 is 9.84 Å². The lowest BCUT2D eigenvalue weighted by atomic mass is 10.0. The highest BCUT2D eigenvalue weighted by atomic mass is 16.6. The van der Waals surface area contributed by atoms with Gasteiger partial charge in [0, 0.05) is 12.1 Å². The van der Waals surface area contributed by atoms with Gasteiger partial charge in [0.25, 0.3) is 11.1 Å². The van der Waals surface area contributed by atoms with E-state index in [-0.39, 0.29) is 23.7 Å². The van der Waals surface area contributed by atoms with Crippen molar-refractivity contribution in [1.82, 2.24) is 25.5 Å². The molecule has 30 heavy (non-hydrogen) atoms. The lowest BCUT2D eigenvalue weighted by molar-refractivity contribution is -0.0167. The van der Waals surface area contributed by atoms with Gasteiger partial charge in [-0.15, -0.1) is 0 Å². The number of ether oxygens (including phenoxy) is 1. The molecular weight excluding hydrogens is 386 g/mol. The fraction of sp³-hybridized carbons (Fsp3) is 0.286. The van der Waals surface area contributed by atoms with Crippen molar-refractivity contribution in [3.8, 4) is 5.75 Å². The minimum Gasteiger partial charge on any atom is -0.464 e. The Morgan fingerprint density at radius 1 is 1.10 bits per heavy atom. The van der Waals surface area contributed by atoms with Crippen LogP contribution in [-0.2, 0) is 6.42 Å². The first-order valence-corrected chi connectivity index (χ1v) is 9.74. The molecule has 0 aliphatic carbocycles. The Kier molecular flexibility index (Phi) is 5.64. The van der Waals surface area contributed by atoms with Crippen molar-refractivity contribution in [2.45, 2.75) is 32.1 Å². The van der Waals surface area contributed by atoms with Crippen molar-refractivity contribution in [2.24, 2.45) is 0 Å².